The standard InChI is InChI=1S/C15H10Cl2F6N4OS/c1-28-3-2-25-13-12(29-15(21,22)23)10(6-24)26-27(13)11-8(16)4-7(5-9(11)17)14(18,19)20/h4-5,25H,2-3H2,1H3. The van der Waals surface area contributed by atoms with Crippen LogP contribution >= 0.6 is 35.0 Å². The molecule has 2 rings (SSSR count). The van der Waals surface area contributed by atoms with Gasteiger partial charge < -0.3 is 10.1 Å². The highest BCUT2D eigenvalue weighted by atomic mass is 35.5. The molecule has 2 aromatic rings. The number of benzene rings is 1. The molecule has 1 aromatic carbocycles. The fourth-order valence-electron chi connectivity index (χ4n) is 2.21. The third-order valence-electron chi connectivity index (χ3n) is 3.32. The van der Waals surface area contributed by atoms with Crippen LogP contribution in [0.4, 0.5) is 32.2 Å². The molecule has 29 heavy (non-hydrogen) atoms. The van der Waals surface area contributed by atoms with E-state index in [0.717, 1.165) is 4.68 Å². The fourth-order valence-corrected chi connectivity index (χ4v) is 3.53. The van der Waals surface area contributed by atoms with Crippen molar-refractivity contribution in [2.75, 3.05) is 25.6 Å². The SMILES string of the molecule is COCCNc1c(SC(F)(F)F)c(C#N)nn1-c1c(Cl)cc(C(F)(F)F)cc1Cl. The molecule has 14 heteroatoms. The van der Waals surface area contributed by atoms with Gasteiger partial charge in [0.15, 0.2) is 5.69 Å². The maximum atomic E-state index is 13.0. The Bertz CT molecular complexity index is 916. The van der Waals surface area contributed by atoms with E-state index in [1.54, 1.807) is 0 Å². The molecule has 0 fully saturated rings. The summed E-state index contributed by atoms with van der Waals surface area (Å²) in [6, 6.07) is 2.65. The number of halogens is 8. The Morgan fingerprint density at radius 3 is 2.24 bits per heavy atom. The number of nitriles is 1. The van der Waals surface area contributed by atoms with Crippen LogP contribution in [0.25, 0.3) is 5.69 Å². The third kappa shape index (κ3) is 5.63. The third-order valence-corrected chi connectivity index (χ3v) is 4.72. The number of anilines is 1. The summed E-state index contributed by atoms with van der Waals surface area (Å²) in [7, 11) is 1.36. The summed E-state index contributed by atoms with van der Waals surface area (Å²) in [6.45, 7) is 0.0893. The highest BCUT2D eigenvalue weighted by Crippen LogP contribution is 2.45. The Balaban J connectivity index is 2.70. The van der Waals surface area contributed by atoms with Gasteiger partial charge in [-0.05, 0) is 23.9 Å². The number of alkyl halides is 6. The smallest absolute Gasteiger partial charge is 0.383 e. The van der Waals surface area contributed by atoms with Crippen LogP contribution in [0.5, 0.6) is 0 Å². The quantitative estimate of drug-likeness (QED) is 0.325. The molecule has 158 valence electrons. The molecule has 1 N–H and O–H groups in total. The molecular weight excluding hydrogens is 469 g/mol. The number of methoxy groups -OCH3 is 1. The number of aromatic nitrogens is 2. The van der Waals surface area contributed by atoms with Crippen LogP contribution in [0.1, 0.15) is 11.3 Å². The minimum Gasteiger partial charge on any atom is -0.383 e. The summed E-state index contributed by atoms with van der Waals surface area (Å²) < 4.78 is 83.3. The zero-order chi connectivity index (χ0) is 22.0. The highest BCUT2D eigenvalue weighted by molar-refractivity contribution is 8.00. The number of nitrogens with zero attached hydrogens (tertiary/aromatic N) is 3. The van der Waals surface area contributed by atoms with Gasteiger partial charge in [-0.2, -0.15) is 36.7 Å². The van der Waals surface area contributed by atoms with E-state index in [-0.39, 0.29) is 24.7 Å². The summed E-state index contributed by atoms with van der Waals surface area (Å²) in [5.74, 6) is -0.315. The molecule has 0 atom stereocenters. The van der Waals surface area contributed by atoms with Crippen LogP contribution in [0, 0.1) is 11.3 Å². The van der Waals surface area contributed by atoms with Gasteiger partial charge in [-0.15, -0.1) is 0 Å². The summed E-state index contributed by atoms with van der Waals surface area (Å²) in [6.07, 6.45) is -4.75. The lowest BCUT2D eigenvalue weighted by Gasteiger charge is -2.16. The molecular formula is C15H10Cl2F6N4OS. The average Bonchev–Trinajstić information content (AvgIpc) is 2.89. The van der Waals surface area contributed by atoms with Crippen molar-refractivity contribution in [1.29, 1.82) is 5.26 Å². The highest BCUT2D eigenvalue weighted by Gasteiger charge is 2.36. The summed E-state index contributed by atoms with van der Waals surface area (Å²) in [5, 5.41) is 14.5. The first-order valence-electron chi connectivity index (χ1n) is 7.47. The van der Waals surface area contributed by atoms with Crippen molar-refractivity contribution in [3.05, 3.63) is 33.4 Å². The lowest BCUT2D eigenvalue weighted by molar-refractivity contribution is -0.137. The Hall–Kier alpha value is -1.81. The molecule has 0 bridgehead atoms. The molecule has 0 aliphatic carbocycles. The van der Waals surface area contributed by atoms with Crippen LogP contribution < -0.4 is 5.32 Å². The van der Waals surface area contributed by atoms with Crippen molar-refractivity contribution < 1.29 is 31.1 Å². The molecule has 1 aromatic heterocycles. The number of ether oxygens (including phenoxy) is 1. The molecule has 0 saturated carbocycles. The van der Waals surface area contributed by atoms with Crippen molar-refractivity contribution in [2.45, 2.75) is 16.6 Å². The molecule has 5 nitrogen and oxygen atoms in total. The molecule has 0 amide bonds. The first-order chi connectivity index (χ1) is 13.4. The topological polar surface area (TPSA) is 62.9 Å². The van der Waals surface area contributed by atoms with Crippen molar-refractivity contribution in [3.63, 3.8) is 0 Å². The van der Waals surface area contributed by atoms with Crippen molar-refractivity contribution >= 4 is 40.8 Å². The van der Waals surface area contributed by atoms with E-state index >= 15 is 0 Å². The van der Waals surface area contributed by atoms with Gasteiger partial charge in [0.25, 0.3) is 0 Å². The van der Waals surface area contributed by atoms with E-state index in [1.807, 2.05) is 0 Å². The van der Waals surface area contributed by atoms with E-state index < -0.39 is 49.6 Å². The minimum absolute atomic E-state index is 0.00829. The summed E-state index contributed by atoms with van der Waals surface area (Å²) in [4.78, 5) is -0.580. The molecule has 0 unspecified atom stereocenters. The van der Waals surface area contributed by atoms with E-state index in [0.29, 0.717) is 12.1 Å². The second-order valence-electron chi connectivity index (χ2n) is 5.30. The van der Waals surface area contributed by atoms with Gasteiger partial charge in [0, 0.05) is 13.7 Å². The van der Waals surface area contributed by atoms with E-state index in [9.17, 15) is 31.6 Å². The lowest BCUT2D eigenvalue weighted by atomic mass is 10.2. The molecule has 0 aliphatic rings. The predicted octanol–water partition coefficient (Wildman–Crippen LogP) is 5.74. The second kappa shape index (κ2) is 8.91. The molecule has 1 heterocycles. The van der Waals surface area contributed by atoms with Gasteiger partial charge in [-0.3, -0.25) is 0 Å². The van der Waals surface area contributed by atoms with E-state index in [2.05, 4.69) is 10.4 Å². The number of hydrogen-bond donors (Lipinski definition) is 1. The second-order valence-corrected chi connectivity index (χ2v) is 7.19. The Morgan fingerprint density at radius 1 is 1.21 bits per heavy atom. The number of hydrogen-bond acceptors (Lipinski definition) is 5. The van der Waals surface area contributed by atoms with Gasteiger partial charge in [-0.25, -0.2) is 4.68 Å². The van der Waals surface area contributed by atoms with Crippen LogP contribution in [0.2, 0.25) is 10.0 Å². The largest absolute Gasteiger partial charge is 0.446 e. The summed E-state index contributed by atoms with van der Waals surface area (Å²) >= 11 is 11.3. The first-order valence-corrected chi connectivity index (χ1v) is 9.04. The van der Waals surface area contributed by atoms with Crippen LogP contribution in [0.15, 0.2) is 17.0 Å². The number of rotatable bonds is 6. The predicted molar refractivity (Wildman–Crippen MR) is 95.6 cm³/mol. The fraction of sp³-hybridized carbons (Fsp3) is 0.333. The Labute approximate surface area is 174 Å². The van der Waals surface area contributed by atoms with Gasteiger partial charge in [0.2, 0.25) is 0 Å². The molecule has 0 aliphatic heterocycles. The van der Waals surface area contributed by atoms with Gasteiger partial charge in [0.1, 0.15) is 17.6 Å². The van der Waals surface area contributed by atoms with Gasteiger partial charge in [-0.1, -0.05) is 23.2 Å². The minimum atomic E-state index is -4.76. The first kappa shape index (κ1) is 23.5. The molecule has 0 saturated heterocycles. The summed E-state index contributed by atoms with van der Waals surface area (Å²) in [5.41, 5.74) is -6.83. The zero-order valence-electron chi connectivity index (χ0n) is 14.3. The molecule has 0 spiro atoms. The van der Waals surface area contributed by atoms with Gasteiger partial charge in [0.05, 0.1) is 27.1 Å². The molecule has 0 radical (unpaired) electrons. The monoisotopic (exact) mass is 478 g/mol. The zero-order valence-corrected chi connectivity index (χ0v) is 16.6. The van der Waals surface area contributed by atoms with Gasteiger partial charge >= 0.3 is 11.7 Å². The van der Waals surface area contributed by atoms with E-state index in [1.165, 1.54) is 13.2 Å². The Kier molecular flexibility index (Phi) is 7.21. The van der Waals surface area contributed by atoms with Crippen molar-refractivity contribution in [3.8, 4) is 11.8 Å². The van der Waals surface area contributed by atoms with Crippen LogP contribution in [-0.4, -0.2) is 35.6 Å². The van der Waals surface area contributed by atoms with Crippen LogP contribution in [0.3, 0.4) is 0 Å². The normalized spacial score (nSPS) is 12.1. The lowest BCUT2D eigenvalue weighted by Crippen LogP contribution is -2.14. The maximum absolute atomic E-state index is 13.0. The Morgan fingerprint density at radius 2 is 1.79 bits per heavy atom. The van der Waals surface area contributed by atoms with E-state index in [4.69, 9.17) is 27.9 Å². The average molecular weight is 479 g/mol. The van der Waals surface area contributed by atoms with Crippen LogP contribution in [-0.2, 0) is 10.9 Å². The number of thioether (sulfide) groups is 1. The van der Waals surface area contributed by atoms with Crippen molar-refractivity contribution in [1.82, 2.24) is 9.78 Å². The maximum Gasteiger partial charge on any atom is 0.446 e. The van der Waals surface area contributed by atoms with Crippen molar-refractivity contribution in [2.24, 2.45) is 0 Å². The number of nitrogens with one attached hydrogen (secondary N) is 1.